The van der Waals surface area contributed by atoms with E-state index < -0.39 is 27.9 Å². The molecule has 0 fully saturated rings. The fourth-order valence-corrected chi connectivity index (χ4v) is 4.14. The molecule has 0 aliphatic heterocycles. The lowest BCUT2D eigenvalue weighted by molar-refractivity contribution is -0.115. The summed E-state index contributed by atoms with van der Waals surface area (Å²) in [5.41, 5.74) is 0.621. The number of rotatable bonds is 7. The first-order valence-electron chi connectivity index (χ1n) is 7.02. The van der Waals surface area contributed by atoms with E-state index in [1.165, 1.54) is 17.5 Å². The third-order valence-corrected chi connectivity index (χ3v) is 5.36. The van der Waals surface area contributed by atoms with Gasteiger partial charge in [-0.3, -0.25) is 9.52 Å². The normalized spacial score (nSPS) is 12.0. The van der Waals surface area contributed by atoms with Crippen molar-refractivity contribution in [2.24, 2.45) is 0 Å². The highest BCUT2D eigenvalue weighted by atomic mass is 32.2. The molecular formula is C14H14F3N3O3S3. The maximum Gasteiger partial charge on any atom is 0.398 e. The molecule has 1 amide bonds. The van der Waals surface area contributed by atoms with E-state index in [-0.39, 0.29) is 17.2 Å². The Labute approximate surface area is 156 Å². The number of thioether (sulfide) groups is 1. The van der Waals surface area contributed by atoms with Gasteiger partial charge in [0.2, 0.25) is 15.9 Å². The van der Waals surface area contributed by atoms with Gasteiger partial charge in [0.1, 0.15) is 0 Å². The molecular weight excluding hydrogens is 411 g/mol. The summed E-state index contributed by atoms with van der Waals surface area (Å²) in [4.78, 5) is 16.4. The molecule has 0 bridgehead atoms. The van der Waals surface area contributed by atoms with Gasteiger partial charge in [-0.2, -0.15) is 13.2 Å². The summed E-state index contributed by atoms with van der Waals surface area (Å²) in [7, 11) is -3.46. The number of benzene rings is 1. The summed E-state index contributed by atoms with van der Waals surface area (Å²) < 4.78 is 61.6. The van der Waals surface area contributed by atoms with Gasteiger partial charge in [0, 0.05) is 10.3 Å². The molecule has 2 N–H and O–H groups in total. The summed E-state index contributed by atoms with van der Waals surface area (Å²) in [5.74, 6) is -1.53. The van der Waals surface area contributed by atoms with Crippen molar-refractivity contribution in [3.05, 3.63) is 35.3 Å². The molecule has 0 unspecified atom stereocenters. The van der Waals surface area contributed by atoms with Crippen LogP contribution in [0.5, 0.6) is 0 Å². The van der Waals surface area contributed by atoms with Gasteiger partial charge in [-0.05, 0) is 12.1 Å². The zero-order valence-electron chi connectivity index (χ0n) is 13.3. The first-order chi connectivity index (χ1) is 12.0. The van der Waals surface area contributed by atoms with E-state index in [9.17, 15) is 26.4 Å². The molecule has 0 radical (unpaired) electrons. The topological polar surface area (TPSA) is 88.2 Å². The minimum Gasteiger partial charge on any atom is -0.325 e. The van der Waals surface area contributed by atoms with Crippen molar-refractivity contribution >= 4 is 49.8 Å². The minimum atomic E-state index is -4.31. The first-order valence-corrected chi connectivity index (χ1v) is 10.8. The van der Waals surface area contributed by atoms with Crippen LogP contribution in [0.2, 0.25) is 0 Å². The number of nitrogens with one attached hydrogen (secondary N) is 2. The maximum atomic E-state index is 12.4. The number of hydrogen-bond acceptors (Lipinski definition) is 6. The van der Waals surface area contributed by atoms with Crippen molar-refractivity contribution in [1.29, 1.82) is 0 Å². The highest BCUT2D eigenvalue weighted by Gasteiger charge is 2.27. The second-order valence-electron chi connectivity index (χ2n) is 5.14. The summed E-state index contributed by atoms with van der Waals surface area (Å²) >= 11 is 1.61. The van der Waals surface area contributed by atoms with Gasteiger partial charge >= 0.3 is 6.18 Å². The van der Waals surface area contributed by atoms with E-state index in [0.29, 0.717) is 22.4 Å². The molecule has 0 aliphatic carbocycles. The molecule has 1 aromatic carbocycles. The van der Waals surface area contributed by atoms with Crippen LogP contribution in [0, 0.1) is 0 Å². The number of sulfonamides is 1. The van der Waals surface area contributed by atoms with E-state index >= 15 is 0 Å². The standard InChI is InChI=1S/C14H14F3N3O3S3/c1-26(22,23)20-13-18-9(7-24-13)6-12(21)19-10-4-2-3-5-11(10)25-8-14(15,16)17/h2-5,7H,6,8H2,1H3,(H,18,20)(H,19,21). The minimum absolute atomic E-state index is 0.136. The van der Waals surface area contributed by atoms with Gasteiger partial charge in [-0.1, -0.05) is 12.1 Å². The molecule has 1 aromatic heterocycles. The first kappa shape index (κ1) is 20.5. The number of halogens is 3. The van der Waals surface area contributed by atoms with Crippen molar-refractivity contribution in [3.8, 4) is 0 Å². The predicted octanol–water partition coefficient (Wildman–Crippen LogP) is 3.35. The Morgan fingerprint density at radius 3 is 2.65 bits per heavy atom. The largest absolute Gasteiger partial charge is 0.398 e. The van der Waals surface area contributed by atoms with E-state index in [0.717, 1.165) is 17.6 Å². The lowest BCUT2D eigenvalue weighted by atomic mass is 10.3. The fraction of sp³-hybridized carbons (Fsp3) is 0.286. The Balaban J connectivity index is 2.00. The lowest BCUT2D eigenvalue weighted by Crippen LogP contribution is -2.16. The van der Waals surface area contributed by atoms with Crippen molar-refractivity contribution in [2.45, 2.75) is 17.5 Å². The van der Waals surface area contributed by atoms with Crippen molar-refractivity contribution in [3.63, 3.8) is 0 Å². The van der Waals surface area contributed by atoms with Gasteiger partial charge in [0.05, 0.1) is 29.8 Å². The smallest absolute Gasteiger partial charge is 0.325 e. The molecule has 0 saturated carbocycles. The number of carbonyl (C=O) groups excluding carboxylic acids is 1. The summed E-state index contributed by atoms with van der Waals surface area (Å²) in [6, 6.07) is 6.18. The molecule has 0 saturated heterocycles. The van der Waals surface area contributed by atoms with Crippen LogP contribution in [-0.2, 0) is 21.2 Å². The fourth-order valence-electron chi connectivity index (χ4n) is 1.81. The van der Waals surface area contributed by atoms with Gasteiger partial charge in [0.15, 0.2) is 5.13 Å². The van der Waals surface area contributed by atoms with Crippen LogP contribution in [-0.4, -0.2) is 37.5 Å². The second kappa shape index (κ2) is 8.27. The number of thiazole rings is 1. The molecule has 0 atom stereocenters. The molecule has 12 heteroatoms. The predicted molar refractivity (Wildman–Crippen MR) is 96.1 cm³/mol. The van der Waals surface area contributed by atoms with E-state index in [1.54, 1.807) is 12.1 Å². The van der Waals surface area contributed by atoms with Crippen molar-refractivity contribution < 1.29 is 26.4 Å². The monoisotopic (exact) mass is 425 g/mol. The number of aromatic nitrogens is 1. The summed E-state index contributed by atoms with van der Waals surface area (Å²) in [6.45, 7) is 0. The number of carbonyl (C=O) groups is 1. The molecule has 2 rings (SSSR count). The molecule has 6 nitrogen and oxygen atoms in total. The average Bonchev–Trinajstić information content (AvgIpc) is 2.90. The van der Waals surface area contributed by atoms with E-state index in [1.807, 2.05) is 0 Å². The van der Waals surface area contributed by atoms with E-state index in [2.05, 4.69) is 15.0 Å². The van der Waals surface area contributed by atoms with Crippen LogP contribution < -0.4 is 10.0 Å². The summed E-state index contributed by atoms with van der Waals surface area (Å²) in [5, 5.41) is 4.21. The van der Waals surface area contributed by atoms with Crippen LogP contribution >= 0.6 is 23.1 Å². The quantitative estimate of drug-likeness (QED) is 0.665. The number of amides is 1. The van der Waals surface area contributed by atoms with Crippen LogP contribution in [0.4, 0.5) is 24.0 Å². The number of alkyl halides is 3. The lowest BCUT2D eigenvalue weighted by Gasteiger charge is -2.11. The Bertz CT molecular complexity index is 882. The van der Waals surface area contributed by atoms with Gasteiger partial charge in [-0.15, -0.1) is 23.1 Å². The number of hydrogen-bond donors (Lipinski definition) is 2. The third kappa shape index (κ3) is 7.22. The summed E-state index contributed by atoms with van der Waals surface area (Å²) in [6.07, 6.45) is -3.47. The molecule has 26 heavy (non-hydrogen) atoms. The highest BCUT2D eigenvalue weighted by molar-refractivity contribution is 7.99. The van der Waals surface area contributed by atoms with Gasteiger partial charge in [-0.25, -0.2) is 13.4 Å². The van der Waals surface area contributed by atoms with Crippen LogP contribution in [0.15, 0.2) is 34.5 Å². The number of nitrogens with zero attached hydrogens (tertiary/aromatic N) is 1. The Hall–Kier alpha value is -1.79. The Morgan fingerprint density at radius 2 is 2.00 bits per heavy atom. The molecule has 1 heterocycles. The Morgan fingerprint density at radius 1 is 1.31 bits per heavy atom. The van der Waals surface area contributed by atoms with Crippen molar-refractivity contribution in [1.82, 2.24) is 4.98 Å². The zero-order valence-corrected chi connectivity index (χ0v) is 15.8. The molecule has 2 aromatic rings. The zero-order chi connectivity index (χ0) is 19.4. The number of para-hydroxylation sites is 1. The van der Waals surface area contributed by atoms with Crippen molar-refractivity contribution in [2.75, 3.05) is 22.0 Å². The third-order valence-electron chi connectivity index (χ3n) is 2.72. The van der Waals surface area contributed by atoms with Gasteiger partial charge in [0.25, 0.3) is 0 Å². The highest BCUT2D eigenvalue weighted by Crippen LogP contribution is 2.32. The average molecular weight is 425 g/mol. The SMILES string of the molecule is CS(=O)(=O)Nc1nc(CC(=O)Nc2ccccc2SCC(F)(F)F)cs1. The van der Waals surface area contributed by atoms with Crippen LogP contribution in [0.3, 0.4) is 0 Å². The molecule has 142 valence electrons. The van der Waals surface area contributed by atoms with Crippen LogP contribution in [0.25, 0.3) is 0 Å². The Kier molecular flexibility index (Phi) is 6.53. The van der Waals surface area contributed by atoms with Gasteiger partial charge < -0.3 is 5.32 Å². The van der Waals surface area contributed by atoms with E-state index in [4.69, 9.17) is 0 Å². The second-order valence-corrected chi connectivity index (χ2v) is 8.77. The molecule has 0 spiro atoms. The molecule has 0 aliphatic rings. The maximum absolute atomic E-state index is 12.4. The number of anilines is 2. The van der Waals surface area contributed by atoms with Crippen LogP contribution in [0.1, 0.15) is 5.69 Å².